The number of nitrogens with zero attached hydrogens (tertiary/aromatic N) is 2. The van der Waals surface area contributed by atoms with Crippen LogP contribution >= 0.6 is 0 Å². The number of pyridine rings is 1. The number of aryl methyl sites for hydroxylation is 1. The number of nitrogen functional groups attached to an aromatic ring is 1. The zero-order valence-corrected chi connectivity index (χ0v) is 12.6. The first-order chi connectivity index (χ1) is 9.28. The van der Waals surface area contributed by atoms with Crippen molar-refractivity contribution >= 4 is 11.9 Å². The van der Waals surface area contributed by atoms with Gasteiger partial charge in [0.1, 0.15) is 11.4 Å². The number of hydrogen-bond donors (Lipinski definition) is 1. The van der Waals surface area contributed by atoms with Gasteiger partial charge in [0.2, 0.25) is 0 Å². The van der Waals surface area contributed by atoms with Gasteiger partial charge in [0.05, 0.1) is 6.04 Å². The number of hydrogen-bond acceptors (Lipinski definition) is 4. The number of rotatable bonds is 1. The Balaban J connectivity index is 2.21. The minimum absolute atomic E-state index is 0.0398. The molecular weight excluding hydrogens is 254 g/mol. The molecule has 1 fully saturated rings. The van der Waals surface area contributed by atoms with Gasteiger partial charge in [0, 0.05) is 12.7 Å². The molecule has 2 heterocycles. The molecule has 1 aliphatic heterocycles. The van der Waals surface area contributed by atoms with E-state index in [-0.39, 0.29) is 12.1 Å². The highest BCUT2D eigenvalue weighted by Gasteiger charge is 2.33. The van der Waals surface area contributed by atoms with Crippen molar-refractivity contribution in [1.29, 1.82) is 0 Å². The third-order valence-electron chi connectivity index (χ3n) is 3.41. The average Bonchev–Trinajstić information content (AvgIpc) is 2.75. The van der Waals surface area contributed by atoms with Gasteiger partial charge in [0.15, 0.2) is 0 Å². The van der Waals surface area contributed by atoms with Crippen molar-refractivity contribution in [1.82, 2.24) is 9.88 Å². The minimum atomic E-state index is -0.474. The first kappa shape index (κ1) is 14.6. The third kappa shape index (κ3) is 3.21. The second kappa shape index (κ2) is 5.31. The van der Waals surface area contributed by atoms with Crippen molar-refractivity contribution in [3.05, 3.63) is 23.4 Å². The SMILES string of the molecule is Cc1cc(N)ncc1C1CCCN1C(=O)OC(C)(C)C. The Labute approximate surface area is 120 Å². The molecule has 1 unspecified atom stereocenters. The zero-order valence-electron chi connectivity index (χ0n) is 12.6. The van der Waals surface area contributed by atoms with Crippen LogP contribution in [-0.2, 0) is 4.74 Å². The molecule has 0 aromatic carbocycles. The Kier molecular flexibility index (Phi) is 3.88. The molecule has 5 nitrogen and oxygen atoms in total. The molecule has 1 aromatic heterocycles. The van der Waals surface area contributed by atoms with Crippen LogP contribution in [0.1, 0.15) is 50.8 Å². The molecule has 1 saturated heterocycles. The van der Waals surface area contributed by atoms with Crippen LogP contribution < -0.4 is 5.73 Å². The fourth-order valence-electron chi connectivity index (χ4n) is 2.57. The Hall–Kier alpha value is -1.78. The summed E-state index contributed by atoms with van der Waals surface area (Å²) >= 11 is 0. The molecule has 0 bridgehead atoms. The maximum atomic E-state index is 12.3. The lowest BCUT2D eigenvalue weighted by Crippen LogP contribution is -2.36. The number of carbonyl (C=O) groups is 1. The van der Waals surface area contributed by atoms with Crippen molar-refractivity contribution in [3.63, 3.8) is 0 Å². The van der Waals surface area contributed by atoms with E-state index in [4.69, 9.17) is 10.5 Å². The van der Waals surface area contributed by atoms with Gasteiger partial charge in [-0.15, -0.1) is 0 Å². The molecule has 1 aromatic rings. The van der Waals surface area contributed by atoms with E-state index in [1.165, 1.54) is 0 Å². The van der Waals surface area contributed by atoms with Gasteiger partial charge in [-0.3, -0.25) is 0 Å². The summed E-state index contributed by atoms with van der Waals surface area (Å²) < 4.78 is 5.48. The van der Waals surface area contributed by atoms with Crippen molar-refractivity contribution in [3.8, 4) is 0 Å². The largest absolute Gasteiger partial charge is 0.444 e. The van der Waals surface area contributed by atoms with Gasteiger partial charge in [-0.1, -0.05) is 0 Å². The van der Waals surface area contributed by atoms with E-state index in [1.54, 1.807) is 11.1 Å². The maximum absolute atomic E-state index is 12.3. The molecule has 1 aliphatic rings. The second-order valence-corrected chi connectivity index (χ2v) is 6.30. The van der Waals surface area contributed by atoms with Gasteiger partial charge in [-0.2, -0.15) is 0 Å². The molecule has 0 saturated carbocycles. The Morgan fingerprint density at radius 3 is 2.80 bits per heavy atom. The smallest absolute Gasteiger partial charge is 0.410 e. The molecule has 2 rings (SSSR count). The van der Waals surface area contributed by atoms with Crippen molar-refractivity contribution < 1.29 is 9.53 Å². The lowest BCUT2D eigenvalue weighted by Gasteiger charge is -2.29. The van der Waals surface area contributed by atoms with Crippen LogP contribution in [0.15, 0.2) is 12.3 Å². The lowest BCUT2D eigenvalue weighted by atomic mass is 10.0. The average molecular weight is 277 g/mol. The minimum Gasteiger partial charge on any atom is -0.444 e. The highest BCUT2D eigenvalue weighted by Crippen LogP contribution is 2.34. The molecular formula is C15H23N3O2. The Bertz CT molecular complexity index is 508. The van der Waals surface area contributed by atoms with E-state index in [1.807, 2.05) is 33.8 Å². The Morgan fingerprint density at radius 2 is 2.20 bits per heavy atom. The van der Waals surface area contributed by atoms with Gasteiger partial charge < -0.3 is 15.4 Å². The summed E-state index contributed by atoms with van der Waals surface area (Å²) in [6, 6.07) is 1.89. The summed E-state index contributed by atoms with van der Waals surface area (Å²) in [5.74, 6) is 0.507. The first-order valence-corrected chi connectivity index (χ1v) is 6.99. The monoisotopic (exact) mass is 277 g/mol. The molecule has 0 radical (unpaired) electrons. The summed E-state index contributed by atoms with van der Waals surface area (Å²) in [6.07, 6.45) is 3.44. The molecule has 2 N–H and O–H groups in total. The highest BCUT2D eigenvalue weighted by atomic mass is 16.6. The first-order valence-electron chi connectivity index (χ1n) is 6.99. The maximum Gasteiger partial charge on any atom is 0.410 e. The number of amides is 1. The fourth-order valence-corrected chi connectivity index (χ4v) is 2.57. The molecule has 0 spiro atoms. The van der Waals surface area contributed by atoms with Crippen molar-refractivity contribution in [2.24, 2.45) is 0 Å². The molecule has 1 amide bonds. The quantitative estimate of drug-likeness (QED) is 0.856. The normalized spacial score (nSPS) is 19.2. The van der Waals surface area contributed by atoms with Gasteiger partial charge in [-0.05, 0) is 57.7 Å². The second-order valence-electron chi connectivity index (χ2n) is 6.30. The van der Waals surface area contributed by atoms with E-state index < -0.39 is 5.60 Å². The van der Waals surface area contributed by atoms with Gasteiger partial charge >= 0.3 is 6.09 Å². The van der Waals surface area contributed by atoms with E-state index in [9.17, 15) is 4.79 Å². The number of carbonyl (C=O) groups excluding carboxylic acids is 1. The van der Waals surface area contributed by atoms with Crippen molar-refractivity contribution in [2.75, 3.05) is 12.3 Å². The predicted octanol–water partition coefficient (Wildman–Crippen LogP) is 3.04. The van der Waals surface area contributed by atoms with Crippen LogP contribution in [0.3, 0.4) is 0 Å². The lowest BCUT2D eigenvalue weighted by molar-refractivity contribution is 0.0224. The zero-order chi connectivity index (χ0) is 14.9. The third-order valence-corrected chi connectivity index (χ3v) is 3.41. The highest BCUT2D eigenvalue weighted by molar-refractivity contribution is 5.69. The van der Waals surface area contributed by atoms with Crippen molar-refractivity contribution in [2.45, 2.75) is 52.2 Å². The topological polar surface area (TPSA) is 68.5 Å². The number of aromatic nitrogens is 1. The van der Waals surface area contributed by atoms with Crippen LogP contribution in [0, 0.1) is 6.92 Å². The van der Waals surface area contributed by atoms with Crippen LogP contribution in [0.5, 0.6) is 0 Å². The van der Waals surface area contributed by atoms with Crippen LogP contribution in [0.2, 0.25) is 0 Å². The molecule has 110 valence electrons. The molecule has 20 heavy (non-hydrogen) atoms. The summed E-state index contributed by atoms with van der Waals surface area (Å²) in [7, 11) is 0. The molecule has 5 heteroatoms. The van der Waals surface area contributed by atoms with Crippen LogP contribution in [0.25, 0.3) is 0 Å². The van der Waals surface area contributed by atoms with Crippen LogP contribution in [-0.4, -0.2) is 28.1 Å². The summed E-state index contributed by atoms with van der Waals surface area (Å²) in [5, 5.41) is 0. The van der Waals surface area contributed by atoms with Gasteiger partial charge in [-0.25, -0.2) is 9.78 Å². The van der Waals surface area contributed by atoms with Gasteiger partial charge in [0.25, 0.3) is 0 Å². The number of nitrogens with two attached hydrogens (primary N) is 1. The molecule has 0 aliphatic carbocycles. The molecule has 1 atom stereocenters. The van der Waals surface area contributed by atoms with E-state index in [2.05, 4.69) is 4.98 Å². The fraction of sp³-hybridized carbons (Fsp3) is 0.600. The summed E-state index contributed by atoms with van der Waals surface area (Å²) in [4.78, 5) is 18.2. The summed E-state index contributed by atoms with van der Waals surface area (Å²) in [6.45, 7) is 8.37. The number of likely N-dealkylation sites (tertiary alicyclic amines) is 1. The Morgan fingerprint density at radius 1 is 1.50 bits per heavy atom. The predicted molar refractivity (Wildman–Crippen MR) is 78.3 cm³/mol. The number of anilines is 1. The van der Waals surface area contributed by atoms with E-state index in [0.29, 0.717) is 5.82 Å². The van der Waals surface area contributed by atoms with E-state index >= 15 is 0 Å². The summed E-state index contributed by atoms with van der Waals surface area (Å²) in [5.41, 5.74) is 7.34. The standard InChI is InChI=1S/C15H23N3O2/c1-10-8-13(16)17-9-11(10)12-6-5-7-18(12)14(19)20-15(2,3)4/h8-9,12H,5-7H2,1-4H3,(H2,16,17). The number of ether oxygens (including phenoxy) is 1. The van der Waals surface area contributed by atoms with Crippen LogP contribution in [0.4, 0.5) is 10.6 Å². The van der Waals surface area contributed by atoms with E-state index in [0.717, 1.165) is 30.5 Å².